The van der Waals surface area contributed by atoms with Crippen molar-refractivity contribution < 1.29 is 13.6 Å². The second-order valence-corrected chi connectivity index (χ2v) is 6.89. The number of rotatable bonds is 3. The zero-order chi connectivity index (χ0) is 19.0. The normalized spacial score (nSPS) is 13.5. The van der Waals surface area contributed by atoms with E-state index in [4.69, 9.17) is 11.6 Å². The Morgan fingerprint density at radius 1 is 1.11 bits per heavy atom. The van der Waals surface area contributed by atoms with Gasteiger partial charge in [0.05, 0.1) is 35.7 Å². The summed E-state index contributed by atoms with van der Waals surface area (Å²) in [5.41, 5.74) is 3.14. The molecule has 2 heterocycles. The highest BCUT2D eigenvalue weighted by molar-refractivity contribution is 6.30. The Morgan fingerprint density at radius 3 is 2.63 bits per heavy atom. The lowest BCUT2D eigenvalue weighted by atomic mass is 10.1. The number of hydrogen-bond donors (Lipinski definition) is 0. The van der Waals surface area contributed by atoms with Gasteiger partial charge in [0.2, 0.25) is 5.91 Å². The third-order valence-corrected chi connectivity index (χ3v) is 5.00. The zero-order valence-corrected chi connectivity index (χ0v) is 15.1. The maximum absolute atomic E-state index is 13.3. The molecule has 0 atom stereocenters. The Morgan fingerprint density at radius 2 is 1.89 bits per heavy atom. The van der Waals surface area contributed by atoms with Crippen molar-refractivity contribution in [1.82, 2.24) is 14.5 Å². The van der Waals surface area contributed by atoms with Crippen molar-refractivity contribution in [2.24, 2.45) is 0 Å². The molecule has 0 spiro atoms. The number of imidazole rings is 1. The maximum atomic E-state index is 13.3. The summed E-state index contributed by atoms with van der Waals surface area (Å²) in [5.74, 6) is -0.865. The Hall–Kier alpha value is -2.73. The number of amides is 1. The molecule has 4 nitrogen and oxygen atoms in total. The number of aromatic nitrogens is 2. The number of fused-ring (bicyclic) bond motifs is 1. The van der Waals surface area contributed by atoms with Gasteiger partial charge in [-0.1, -0.05) is 17.7 Å². The topological polar surface area (TPSA) is 38.1 Å². The van der Waals surface area contributed by atoms with E-state index in [2.05, 4.69) is 4.98 Å². The SMILES string of the molecule is O=C(Cc1ccc(F)c(Cl)c1)N1CCn2cnc(-c3ccc(F)cc3)c2C1. The van der Waals surface area contributed by atoms with Gasteiger partial charge in [-0.25, -0.2) is 13.8 Å². The molecule has 138 valence electrons. The van der Waals surface area contributed by atoms with Gasteiger partial charge in [0, 0.05) is 18.7 Å². The molecule has 0 aliphatic carbocycles. The van der Waals surface area contributed by atoms with Crippen LogP contribution in [0.1, 0.15) is 11.3 Å². The minimum Gasteiger partial charge on any atom is -0.335 e. The van der Waals surface area contributed by atoms with Crippen molar-refractivity contribution in [3.05, 3.63) is 76.7 Å². The molecule has 1 aliphatic heterocycles. The third kappa shape index (κ3) is 3.57. The van der Waals surface area contributed by atoms with Crippen molar-refractivity contribution >= 4 is 17.5 Å². The lowest BCUT2D eigenvalue weighted by Crippen LogP contribution is -2.39. The fourth-order valence-electron chi connectivity index (χ4n) is 3.25. The Balaban J connectivity index is 1.53. The standard InChI is InChI=1S/C20H16ClF2N3O/c21-16-9-13(1-6-17(16)23)10-19(27)25-7-8-26-12-24-20(18(26)11-25)14-2-4-15(22)5-3-14/h1-6,9,12H,7-8,10-11H2. The van der Waals surface area contributed by atoms with E-state index in [1.165, 1.54) is 24.3 Å². The van der Waals surface area contributed by atoms with Crippen LogP contribution in [0, 0.1) is 11.6 Å². The van der Waals surface area contributed by atoms with Gasteiger partial charge in [-0.2, -0.15) is 0 Å². The van der Waals surface area contributed by atoms with E-state index < -0.39 is 5.82 Å². The largest absolute Gasteiger partial charge is 0.335 e. The van der Waals surface area contributed by atoms with E-state index in [1.54, 1.807) is 29.4 Å². The van der Waals surface area contributed by atoms with Crippen LogP contribution in [0.5, 0.6) is 0 Å². The van der Waals surface area contributed by atoms with Gasteiger partial charge in [0.15, 0.2) is 0 Å². The number of carbonyl (C=O) groups is 1. The average Bonchev–Trinajstić information content (AvgIpc) is 3.08. The minimum absolute atomic E-state index is 0.00983. The van der Waals surface area contributed by atoms with E-state index in [1.807, 2.05) is 4.57 Å². The molecule has 0 bridgehead atoms. The van der Waals surface area contributed by atoms with Gasteiger partial charge >= 0.3 is 0 Å². The van der Waals surface area contributed by atoms with Gasteiger partial charge in [-0.05, 0) is 42.0 Å². The van der Waals surface area contributed by atoms with Crippen LogP contribution in [0.15, 0.2) is 48.8 Å². The van der Waals surface area contributed by atoms with E-state index in [0.717, 1.165) is 17.0 Å². The molecular weight excluding hydrogens is 372 g/mol. The Labute approximate surface area is 160 Å². The summed E-state index contributed by atoms with van der Waals surface area (Å²) in [6.07, 6.45) is 1.90. The van der Waals surface area contributed by atoms with Crippen LogP contribution in [-0.2, 0) is 24.3 Å². The first kappa shape index (κ1) is 17.7. The predicted molar refractivity (Wildman–Crippen MR) is 98.2 cm³/mol. The summed E-state index contributed by atoms with van der Waals surface area (Å²) in [5, 5.41) is 0.00983. The van der Waals surface area contributed by atoms with Gasteiger partial charge in [-0.3, -0.25) is 4.79 Å². The second kappa shape index (κ2) is 7.12. The van der Waals surface area contributed by atoms with Crippen molar-refractivity contribution in [2.75, 3.05) is 6.54 Å². The van der Waals surface area contributed by atoms with Gasteiger partial charge in [0.25, 0.3) is 0 Å². The molecule has 3 aromatic rings. The van der Waals surface area contributed by atoms with Crippen molar-refractivity contribution in [2.45, 2.75) is 19.5 Å². The van der Waals surface area contributed by atoms with Crippen LogP contribution in [0.4, 0.5) is 8.78 Å². The van der Waals surface area contributed by atoms with Crippen molar-refractivity contribution in [3.63, 3.8) is 0 Å². The molecule has 2 aromatic carbocycles. The van der Waals surface area contributed by atoms with E-state index in [0.29, 0.717) is 25.2 Å². The molecular formula is C20H16ClF2N3O. The van der Waals surface area contributed by atoms with Gasteiger partial charge in [0.1, 0.15) is 11.6 Å². The van der Waals surface area contributed by atoms with Crippen LogP contribution < -0.4 is 0 Å². The lowest BCUT2D eigenvalue weighted by Gasteiger charge is -2.29. The Bertz CT molecular complexity index is 1000. The summed E-state index contributed by atoms with van der Waals surface area (Å²) in [6, 6.07) is 10.5. The number of benzene rings is 2. The minimum atomic E-state index is -0.501. The summed E-state index contributed by atoms with van der Waals surface area (Å²) in [4.78, 5) is 18.9. The monoisotopic (exact) mass is 387 g/mol. The predicted octanol–water partition coefficient (Wildman–Crippen LogP) is 4.07. The highest BCUT2D eigenvalue weighted by atomic mass is 35.5. The first-order valence-electron chi connectivity index (χ1n) is 8.53. The first-order chi connectivity index (χ1) is 13.0. The highest BCUT2D eigenvalue weighted by Gasteiger charge is 2.24. The molecule has 4 rings (SSSR count). The fourth-order valence-corrected chi connectivity index (χ4v) is 3.46. The van der Waals surface area contributed by atoms with Gasteiger partial charge in [-0.15, -0.1) is 0 Å². The molecule has 7 heteroatoms. The van der Waals surface area contributed by atoms with Crippen LogP contribution in [0.25, 0.3) is 11.3 Å². The Kier molecular flexibility index (Phi) is 4.66. The van der Waals surface area contributed by atoms with Crippen LogP contribution >= 0.6 is 11.6 Å². The van der Waals surface area contributed by atoms with E-state index >= 15 is 0 Å². The van der Waals surface area contributed by atoms with Gasteiger partial charge < -0.3 is 9.47 Å². The fraction of sp³-hybridized carbons (Fsp3) is 0.200. The first-order valence-corrected chi connectivity index (χ1v) is 8.90. The maximum Gasteiger partial charge on any atom is 0.227 e. The number of hydrogen-bond acceptors (Lipinski definition) is 2. The van der Waals surface area contributed by atoms with Crippen LogP contribution in [0.3, 0.4) is 0 Å². The second-order valence-electron chi connectivity index (χ2n) is 6.48. The molecule has 0 unspecified atom stereocenters. The van der Waals surface area contributed by atoms with Crippen molar-refractivity contribution in [1.29, 1.82) is 0 Å². The molecule has 0 N–H and O–H groups in total. The highest BCUT2D eigenvalue weighted by Crippen LogP contribution is 2.26. The quantitative estimate of drug-likeness (QED) is 0.679. The van der Waals surface area contributed by atoms with E-state index in [-0.39, 0.29) is 23.2 Å². The third-order valence-electron chi connectivity index (χ3n) is 4.71. The molecule has 0 fully saturated rings. The van der Waals surface area contributed by atoms with E-state index in [9.17, 15) is 13.6 Å². The summed E-state index contributed by atoms with van der Waals surface area (Å²) < 4.78 is 28.5. The molecule has 1 amide bonds. The lowest BCUT2D eigenvalue weighted by molar-refractivity contribution is -0.131. The molecule has 1 aromatic heterocycles. The molecule has 1 aliphatic rings. The molecule has 0 radical (unpaired) electrons. The summed E-state index contributed by atoms with van der Waals surface area (Å²) >= 11 is 5.80. The number of halogens is 3. The summed E-state index contributed by atoms with van der Waals surface area (Å²) in [7, 11) is 0. The van der Waals surface area contributed by atoms with Crippen LogP contribution in [-0.4, -0.2) is 26.9 Å². The smallest absolute Gasteiger partial charge is 0.227 e. The number of nitrogens with zero attached hydrogens (tertiary/aromatic N) is 3. The number of carbonyl (C=O) groups excluding carboxylic acids is 1. The zero-order valence-electron chi connectivity index (χ0n) is 14.3. The average molecular weight is 388 g/mol. The molecule has 0 saturated carbocycles. The van der Waals surface area contributed by atoms with Crippen molar-refractivity contribution in [3.8, 4) is 11.3 Å². The molecule has 27 heavy (non-hydrogen) atoms. The molecule has 0 saturated heterocycles. The van der Waals surface area contributed by atoms with Crippen LogP contribution in [0.2, 0.25) is 5.02 Å². The summed E-state index contributed by atoms with van der Waals surface area (Å²) in [6.45, 7) is 1.62.